The first-order chi connectivity index (χ1) is 18.6. The van der Waals surface area contributed by atoms with Gasteiger partial charge in [0.2, 0.25) is 11.8 Å². The van der Waals surface area contributed by atoms with Crippen LogP contribution in [0, 0.1) is 13.8 Å². The lowest BCUT2D eigenvalue weighted by atomic mass is 9.98. The maximum Gasteiger partial charge on any atom is 0.408 e. The molecule has 3 atom stereocenters. The van der Waals surface area contributed by atoms with Gasteiger partial charge in [0, 0.05) is 12.5 Å². The maximum absolute atomic E-state index is 14.2. The van der Waals surface area contributed by atoms with Gasteiger partial charge < -0.3 is 26.0 Å². The Labute approximate surface area is 241 Å². The van der Waals surface area contributed by atoms with Gasteiger partial charge in [0.15, 0.2) is 0 Å². The van der Waals surface area contributed by atoms with Crippen molar-refractivity contribution >= 4 is 41.1 Å². The number of ether oxygens (including phenoxy) is 1. The summed E-state index contributed by atoms with van der Waals surface area (Å²) in [6.45, 7) is 12.6. The second-order valence-electron chi connectivity index (χ2n) is 10.9. The molecule has 0 saturated carbocycles. The lowest BCUT2D eigenvalue weighted by Gasteiger charge is -2.38. The van der Waals surface area contributed by atoms with Crippen molar-refractivity contribution in [2.75, 3.05) is 5.32 Å². The first-order valence-corrected chi connectivity index (χ1v) is 13.7. The molecule has 0 spiro atoms. The minimum Gasteiger partial charge on any atom is -0.444 e. The number of nitrogens with zero attached hydrogens (tertiary/aromatic N) is 1. The highest BCUT2D eigenvalue weighted by atomic mass is 35.5. The summed E-state index contributed by atoms with van der Waals surface area (Å²) in [5, 5.41) is 5.88. The largest absolute Gasteiger partial charge is 0.444 e. The molecule has 218 valence electrons. The molecule has 0 aliphatic heterocycles. The molecule has 40 heavy (non-hydrogen) atoms. The topological polar surface area (TPSA) is 131 Å². The predicted molar refractivity (Wildman–Crippen MR) is 157 cm³/mol. The first-order valence-electron chi connectivity index (χ1n) is 13.4. The molecule has 2 rings (SSSR count). The molecule has 4 amide bonds. The number of carbonyl (C=O) groups excluding carboxylic acids is 4. The minimum absolute atomic E-state index is 0.0633. The van der Waals surface area contributed by atoms with Crippen LogP contribution in [0.25, 0.3) is 0 Å². The third kappa shape index (κ3) is 9.26. The third-order valence-electron chi connectivity index (χ3n) is 6.38. The van der Waals surface area contributed by atoms with Crippen LogP contribution in [0.15, 0.2) is 42.5 Å². The van der Waals surface area contributed by atoms with E-state index in [0.717, 1.165) is 11.1 Å². The molecule has 0 saturated heterocycles. The predicted octanol–water partition coefficient (Wildman–Crippen LogP) is 5.42. The van der Waals surface area contributed by atoms with E-state index in [-0.39, 0.29) is 12.8 Å². The first kappa shape index (κ1) is 32.6. The Morgan fingerprint density at radius 1 is 1.05 bits per heavy atom. The fraction of sp³-hybridized carbons (Fsp3) is 0.467. The number of para-hydroxylation sites is 1. The van der Waals surface area contributed by atoms with E-state index in [1.165, 1.54) is 4.90 Å². The molecule has 3 unspecified atom stereocenters. The molecule has 0 fully saturated rings. The Kier molecular flexibility index (Phi) is 11.5. The molecular formula is C30H41ClN4O5. The fourth-order valence-corrected chi connectivity index (χ4v) is 4.41. The molecule has 0 aromatic heterocycles. The van der Waals surface area contributed by atoms with Gasteiger partial charge in [-0.3, -0.25) is 14.4 Å². The average Bonchev–Trinajstić information content (AvgIpc) is 2.86. The number of primary amides is 1. The van der Waals surface area contributed by atoms with Crippen LogP contribution in [0.2, 0.25) is 5.02 Å². The van der Waals surface area contributed by atoms with Gasteiger partial charge in [-0.25, -0.2) is 4.79 Å². The highest BCUT2D eigenvalue weighted by Crippen LogP contribution is 2.31. The number of benzene rings is 2. The molecule has 0 heterocycles. The van der Waals surface area contributed by atoms with Crippen LogP contribution in [-0.2, 0) is 19.1 Å². The van der Waals surface area contributed by atoms with Crippen molar-refractivity contribution in [2.24, 2.45) is 5.73 Å². The van der Waals surface area contributed by atoms with E-state index in [9.17, 15) is 19.2 Å². The van der Waals surface area contributed by atoms with Crippen LogP contribution in [0.5, 0.6) is 0 Å². The lowest BCUT2D eigenvalue weighted by molar-refractivity contribution is -0.143. The maximum atomic E-state index is 14.2. The van der Waals surface area contributed by atoms with Crippen molar-refractivity contribution in [3.8, 4) is 0 Å². The SMILES string of the molecule is CCC(C)N(C(=O)C(CCC(N)=O)NC(=O)OC(C)(C)C)C(C(=O)Nc1c(C)cccc1Cl)c1ccc(C)cc1. The number of nitrogens with two attached hydrogens (primary N) is 1. The minimum atomic E-state index is -1.17. The average molecular weight is 573 g/mol. The molecule has 0 bridgehead atoms. The van der Waals surface area contributed by atoms with E-state index in [2.05, 4.69) is 10.6 Å². The smallest absolute Gasteiger partial charge is 0.408 e. The van der Waals surface area contributed by atoms with E-state index in [1.807, 2.05) is 45.9 Å². The number of halogens is 1. The van der Waals surface area contributed by atoms with Crippen LogP contribution in [0.1, 0.15) is 76.6 Å². The van der Waals surface area contributed by atoms with Crippen LogP contribution in [0.4, 0.5) is 10.5 Å². The van der Waals surface area contributed by atoms with Gasteiger partial charge in [0.05, 0.1) is 10.7 Å². The van der Waals surface area contributed by atoms with Crippen LogP contribution < -0.4 is 16.4 Å². The Morgan fingerprint density at radius 3 is 2.20 bits per heavy atom. The molecule has 10 heteroatoms. The van der Waals surface area contributed by atoms with Crippen LogP contribution >= 0.6 is 11.6 Å². The van der Waals surface area contributed by atoms with Crippen molar-refractivity contribution in [3.05, 3.63) is 64.2 Å². The van der Waals surface area contributed by atoms with Crippen molar-refractivity contribution in [2.45, 2.75) is 91.5 Å². The highest BCUT2D eigenvalue weighted by molar-refractivity contribution is 6.34. The normalized spacial score (nSPS) is 13.5. The van der Waals surface area contributed by atoms with Gasteiger partial charge >= 0.3 is 6.09 Å². The highest BCUT2D eigenvalue weighted by Gasteiger charge is 2.38. The third-order valence-corrected chi connectivity index (χ3v) is 6.69. The number of anilines is 1. The molecule has 0 aliphatic carbocycles. The summed E-state index contributed by atoms with van der Waals surface area (Å²) in [6, 6.07) is 9.92. The number of hydrogen-bond donors (Lipinski definition) is 3. The van der Waals surface area contributed by atoms with E-state index < -0.39 is 47.5 Å². The number of hydrogen-bond acceptors (Lipinski definition) is 5. The quantitative estimate of drug-likeness (QED) is 0.331. The second-order valence-corrected chi connectivity index (χ2v) is 11.3. The monoisotopic (exact) mass is 572 g/mol. The van der Waals surface area contributed by atoms with Gasteiger partial charge in [-0.05, 0) is 71.6 Å². The Morgan fingerprint density at radius 2 is 1.68 bits per heavy atom. The van der Waals surface area contributed by atoms with E-state index >= 15 is 0 Å². The van der Waals surface area contributed by atoms with Gasteiger partial charge in [-0.1, -0.05) is 60.5 Å². The molecule has 2 aromatic carbocycles. The Hall–Kier alpha value is -3.59. The number of rotatable bonds is 11. The zero-order chi connectivity index (χ0) is 30.2. The zero-order valence-electron chi connectivity index (χ0n) is 24.3. The Balaban J connectivity index is 2.60. The fourth-order valence-electron chi connectivity index (χ4n) is 4.14. The summed E-state index contributed by atoms with van der Waals surface area (Å²) in [5.74, 6) is -1.64. The molecule has 0 aliphatic rings. The van der Waals surface area contributed by atoms with E-state index in [0.29, 0.717) is 22.7 Å². The van der Waals surface area contributed by atoms with E-state index in [4.69, 9.17) is 22.1 Å². The summed E-state index contributed by atoms with van der Waals surface area (Å²) >= 11 is 6.41. The molecule has 9 nitrogen and oxygen atoms in total. The van der Waals surface area contributed by atoms with Crippen molar-refractivity contribution in [3.63, 3.8) is 0 Å². The van der Waals surface area contributed by atoms with E-state index in [1.54, 1.807) is 45.0 Å². The molecular weight excluding hydrogens is 532 g/mol. The van der Waals surface area contributed by atoms with Gasteiger partial charge in [-0.15, -0.1) is 0 Å². The van der Waals surface area contributed by atoms with Crippen molar-refractivity contribution in [1.29, 1.82) is 0 Å². The molecule has 4 N–H and O–H groups in total. The second kappa shape index (κ2) is 14.2. The number of alkyl carbamates (subject to hydrolysis) is 1. The molecule has 2 aromatic rings. The number of amides is 4. The van der Waals surface area contributed by atoms with Crippen molar-refractivity contribution in [1.82, 2.24) is 10.2 Å². The summed E-state index contributed by atoms with van der Waals surface area (Å²) < 4.78 is 5.37. The molecule has 0 radical (unpaired) electrons. The standard InChI is InChI=1S/C30H41ClN4O5/c1-8-20(4)35(28(38)23(16-17-24(32)36)33-29(39)40-30(5,6)7)26(21-14-12-18(2)13-15-21)27(37)34-25-19(3)10-9-11-22(25)31/h9-15,20,23,26H,8,16-17H2,1-7H3,(H2,32,36)(H,33,39)(H,34,37). The summed E-state index contributed by atoms with van der Waals surface area (Å²) in [6.07, 6.45) is -0.517. The number of aryl methyl sites for hydroxylation is 2. The van der Waals surface area contributed by atoms with Crippen LogP contribution in [-0.4, -0.2) is 46.4 Å². The summed E-state index contributed by atoms with van der Waals surface area (Å²) in [7, 11) is 0. The number of nitrogens with one attached hydrogen (secondary N) is 2. The zero-order valence-corrected chi connectivity index (χ0v) is 25.1. The van der Waals surface area contributed by atoms with Gasteiger partial charge in [0.1, 0.15) is 17.7 Å². The summed E-state index contributed by atoms with van der Waals surface area (Å²) in [5.41, 5.74) is 7.33. The van der Waals surface area contributed by atoms with Gasteiger partial charge in [-0.2, -0.15) is 0 Å². The summed E-state index contributed by atoms with van der Waals surface area (Å²) in [4.78, 5) is 54.0. The van der Waals surface area contributed by atoms with Crippen molar-refractivity contribution < 1.29 is 23.9 Å². The van der Waals surface area contributed by atoms with Crippen LogP contribution in [0.3, 0.4) is 0 Å². The lowest BCUT2D eigenvalue weighted by Crippen LogP contribution is -2.55. The Bertz CT molecular complexity index is 1190. The van der Waals surface area contributed by atoms with Gasteiger partial charge in [0.25, 0.3) is 5.91 Å². The number of carbonyl (C=O) groups is 4.